The Kier molecular flexibility index (Phi) is 8.12. The Labute approximate surface area is 187 Å². The van der Waals surface area contributed by atoms with Crippen molar-refractivity contribution in [2.45, 2.75) is 44.3 Å². The smallest absolute Gasteiger partial charge is 0.247 e. The first-order chi connectivity index (χ1) is 15.0. The molecule has 2 aromatic rings. The summed E-state index contributed by atoms with van der Waals surface area (Å²) in [5.41, 5.74) is 2.58. The molecule has 7 heteroatoms. The van der Waals surface area contributed by atoms with Gasteiger partial charge in [0.15, 0.2) is 0 Å². The summed E-state index contributed by atoms with van der Waals surface area (Å²) in [5, 5.41) is 2.43. The molecule has 1 saturated heterocycles. The van der Waals surface area contributed by atoms with E-state index in [0.29, 0.717) is 17.2 Å². The number of nitrogens with one attached hydrogen (secondary N) is 1. The van der Waals surface area contributed by atoms with E-state index >= 15 is 0 Å². The number of unbranched alkanes of at least 4 members (excludes halogenated alkanes) is 1. The molecule has 6 nitrogen and oxygen atoms in total. The first-order valence-corrected chi connectivity index (χ1v) is 11.6. The van der Waals surface area contributed by atoms with Crippen LogP contribution in [0.2, 0.25) is 0 Å². The maximum Gasteiger partial charge on any atom is 0.247 e. The van der Waals surface area contributed by atoms with Crippen molar-refractivity contribution in [3.63, 3.8) is 0 Å². The van der Waals surface area contributed by atoms with Crippen molar-refractivity contribution in [3.05, 3.63) is 54.1 Å². The molecule has 0 bridgehead atoms. The number of anilines is 2. The fourth-order valence-electron chi connectivity index (χ4n) is 3.39. The van der Waals surface area contributed by atoms with Crippen LogP contribution in [0.4, 0.5) is 11.4 Å². The highest BCUT2D eigenvalue weighted by Gasteiger charge is 2.39. The number of rotatable bonds is 10. The summed E-state index contributed by atoms with van der Waals surface area (Å²) in [5.74, 6) is 0.581. The summed E-state index contributed by atoms with van der Waals surface area (Å²) in [4.78, 5) is 38.5. The number of hydrogen-bond donors (Lipinski definition) is 1. The molecule has 1 aliphatic rings. The third-order valence-electron chi connectivity index (χ3n) is 5.14. The lowest BCUT2D eigenvalue weighted by atomic mass is 10.1. The van der Waals surface area contributed by atoms with Gasteiger partial charge in [-0.15, -0.1) is 11.8 Å². The molecule has 1 N–H and O–H groups in total. The number of carbonyl (C=O) groups is 3. The van der Waals surface area contributed by atoms with Crippen molar-refractivity contribution in [2.24, 2.45) is 0 Å². The van der Waals surface area contributed by atoms with E-state index in [4.69, 9.17) is 4.74 Å². The van der Waals surface area contributed by atoms with Gasteiger partial charge in [0, 0.05) is 24.3 Å². The fourth-order valence-corrected chi connectivity index (χ4v) is 4.49. The summed E-state index contributed by atoms with van der Waals surface area (Å²) < 4.78 is 5.12. The lowest BCUT2D eigenvalue weighted by Gasteiger charge is -2.15. The van der Waals surface area contributed by atoms with Crippen LogP contribution in [0.25, 0.3) is 0 Å². The first-order valence-electron chi connectivity index (χ1n) is 10.5. The number of amides is 3. The Hall–Kier alpha value is -2.80. The Bertz CT molecular complexity index is 912. The van der Waals surface area contributed by atoms with Gasteiger partial charge in [-0.25, -0.2) is 4.90 Å². The maximum absolute atomic E-state index is 12.7. The number of thioether (sulfide) groups is 1. The van der Waals surface area contributed by atoms with E-state index in [1.807, 2.05) is 24.3 Å². The van der Waals surface area contributed by atoms with Crippen LogP contribution in [-0.4, -0.2) is 35.8 Å². The van der Waals surface area contributed by atoms with Gasteiger partial charge in [-0.05, 0) is 54.8 Å². The van der Waals surface area contributed by atoms with E-state index in [0.717, 1.165) is 24.9 Å². The van der Waals surface area contributed by atoms with Crippen LogP contribution in [-0.2, 0) is 20.8 Å². The molecule has 2 aromatic carbocycles. The van der Waals surface area contributed by atoms with Gasteiger partial charge in [-0.2, -0.15) is 0 Å². The van der Waals surface area contributed by atoms with Crippen molar-refractivity contribution in [1.82, 2.24) is 0 Å². The predicted molar refractivity (Wildman–Crippen MR) is 125 cm³/mol. The molecule has 0 unspecified atom stereocenters. The zero-order chi connectivity index (χ0) is 22.2. The van der Waals surface area contributed by atoms with Crippen LogP contribution in [0.1, 0.15) is 38.2 Å². The van der Waals surface area contributed by atoms with Gasteiger partial charge < -0.3 is 10.1 Å². The third-order valence-corrected chi connectivity index (χ3v) is 6.35. The van der Waals surface area contributed by atoms with Gasteiger partial charge in [0.1, 0.15) is 5.75 Å². The molecule has 0 radical (unpaired) electrons. The molecule has 1 fully saturated rings. The number of ether oxygens (including phenoxy) is 1. The second-order valence-corrected chi connectivity index (χ2v) is 8.74. The summed E-state index contributed by atoms with van der Waals surface area (Å²) in [7, 11) is 1.56. The minimum Gasteiger partial charge on any atom is -0.497 e. The molecule has 31 heavy (non-hydrogen) atoms. The van der Waals surface area contributed by atoms with Crippen LogP contribution >= 0.6 is 11.8 Å². The molecule has 1 aliphatic heterocycles. The van der Waals surface area contributed by atoms with E-state index < -0.39 is 5.25 Å². The fraction of sp³-hybridized carbons (Fsp3) is 0.375. The molecule has 0 aliphatic carbocycles. The molecule has 164 valence electrons. The molecular weight excluding hydrogens is 412 g/mol. The van der Waals surface area contributed by atoms with Gasteiger partial charge in [0.25, 0.3) is 0 Å². The standard InChI is InChI=1S/C24H28N2O4S/c1-3-4-5-17-6-8-18(9-7-17)25-22(27)14-15-31-21-16-23(28)26(24(21)29)19-10-12-20(30-2)13-11-19/h6-13,21H,3-5,14-16H2,1-2H3,(H,25,27)/t21-/m1/s1. The molecule has 0 spiro atoms. The summed E-state index contributed by atoms with van der Waals surface area (Å²) in [6, 6.07) is 14.7. The van der Waals surface area contributed by atoms with E-state index in [9.17, 15) is 14.4 Å². The van der Waals surface area contributed by atoms with Crippen molar-refractivity contribution in [1.29, 1.82) is 0 Å². The van der Waals surface area contributed by atoms with Crippen LogP contribution in [0.3, 0.4) is 0 Å². The average molecular weight is 441 g/mol. The highest BCUT2D eigenvalue weighted by atomic mass is 32.2. The average Bonchev–Trinajstić information content (AvgIpc) is 3.06. The number of carbonyl (C=O) groups excluding carboxylic acids is 3. The quantitative estimate of drug-likeness (QED) is 0.553. The Morgan fingerprint density at radius 2 is 1.84 bits per heavy atom. The van der Waals surface area contributed by atoms with Crippen LogP contribution in [0.5, 0.6) is 5.75 Å². The molecule has 1 heterocycles. The van der Waals surface area contributed by atoms with Gasteiger partial charge in [0.2, 0.25) is 17.7 Å². The minimum atomic E-state index is -0.458. The summed E-state index contributed by atoms with van der Waals surface area (Å²) in [6.45, 7) is 2.16. The highest BCUT2D eigenvalue weighted by molar-refractivity contribution is 8.00. The SMILES string of the molecule is CCCCc1ccc(NC(=O)CCS[C@@H]2CC(=O)N(c3ccc(OC)cc3)C2=O)cc1. The second kappa shape index (κ2) is 11.0. The highest BCUT2D eigenvalue weighted by Crippen LogP contribution is 2.31. The van der Waals surface area contributed by atoms with Gasteiger partial charge in [-0.1, -0.05) is 25.5 Å². The minimum absolute atomic E-state index is 0.0995. The number of aryl methyl sites for hydroxylation is 1. The van der Waals surface area contributed by atoms with E-state index in [-0.39, 0.29) is 30.6 Å². The van der Waals surface area contributed by atoms with Crippen LogP contribution in [0, 0.1) is 0 Å². The van der Waals surface area contributed by atoms with Crippen molar-refractivity contribution in [2.75, 3.05) is 23.1 Å². The topological polar surface area (TPSA) is 75.7 Å². The Morgan fingerprint density at radius 1 is 1.13 bits per heavy atom. The molecule has 1 atom stereocenters. The normalized spacial score (nSPS) is 15.9. The molecule has 0 saturated carbocycles. The number of nitrogens with zero attached hydrogens (tertiary/aromatic N) is 1. The van der Waals surface area contributed by atoms with Crippen LogP contribution < -0.4 is 15.0 Å². The van der Waals surface area contributed by atoms with E-state index in [1.54, 1.807) is 31.4 Å². The number of methoxy groups -OCH3 is 1. The molecular formula is C24H28N2O4S. The maximum atomic E-state index is 12.7. The van der Waals surface area contributed by atoms with Crippen molar-refractivity contribution in [3.8, 4) is 5.75 Å². The zero-order valence-electron chi connectivity index (χ0n) is 17.9. The lowest BCUT2D eigenvalue weighted by molar-refractivity contribution is -0.121. The monoisotopic (exact) mass is 440 g/mol. The van der Waals surface area contributed by atoms with Crippen LogP contribution in [0.15, 0.2) is 48.5 Å². The number of hydrogen-bond acceptors (Lipinski definition) is 5. The number of benzene rings is 2. The zero-order valence-corrected chi connectivity index (χ0v) is 18.7. The second-order valence-electron chi connectivity index (χ2n) is 7.43. The molecule has 3 rings (SSSR count). The van der Waals surface area contributed by atoms with Crippen molar-refractivity contribution >= 4 is 40.9 Å². The summed E-state index contributed by atoms with van der Waals surface area (Å²) >= 11 is 1.35. The van der Waals surface area contributed by atoms with Gasteiger partial charge in [0.05, 0.1) is 18.0 Å². The van der Waals surface area contributed by atoms with E-state index in [1.165, 1.54) is 22.2 Å². The van der Waals surface area contributed by atoms with Crippen molar-refractivity contribution < 1.29 is 19.1 Å². The lowest BCUT2D eigenvalue weighted by Crippen LogP contribution is -2.31. The molecule has 3 amide bonds. The van der Waals surface area contributed by atoms with Gasteiger partial charge >= 0.3 is 0 Å². The van der Waals surface area contributed by atoms with E-state index in [2.05, 4.69) is 12.2 Å². The Morgan fingerprint density at radius 3 is 2.48 bits per heavy atom. The first kappa shape index (κ1) is 22.9. The predicted octanol–water partition coefficient (Wildman–Crippen LogP) is 4.43. The molecule has 0 aromatic heterocycles. The third kappa shape index (κ3) is 6.10. The number of imide groups is 1. The summed E-state index contributed by atoms with van der Waals surface area (Å²) in [6.07, 6.45) is 3.78. The largest absolute Gasteiger partial charge is 0.497 e. The Balaban J connectivity index is 1.46. The van der Waals surface area contributed by atoms with Gasteiger partial charge in [-0.3, -0.25) is 14.4 Å².